The first-order valence-electron chi connectivity index (χ1n) is 8.92. The molecule has 0 bridgehead atoms. The van der Waals surface area contributed by atoms with Crippen LogP contribution >= 0.6 is 0 Å². The van der Waals surface area contributed by atoms with Gasteiger partial charge in [0, 0.05) is 32.6 Å². The zero-order chi connectivity index (χ0) is 19.1. The Morgan fingerprint density at radius 1 is 1.04 bits per heavy atom. The van der Waals surface area contributed by atoms with Gasteiger partial charge in [0.2, 0.25) is 5.91 Å². The van der Waals surface area contributed by atoms with Crippen molar-refractivity contribution in [3.8, 4) is 0 Å². The second-order valence-electron chi connectivity index (χ2n) is 7.68. The molecular weight excluding hydrogens is 312 g/mol. The third-order valence-electron chi connectivity index (χ3n) is 4.60. The summed E-state index contributed by atoms with van der Waals surface area (Å²) in [6.07, 6.45) is 1.05. The normalized spacial score (nSPS) is 12.7. The molecule has 1 rings (SSSR count). The largest absolute Gasteiger partial charge is 0.359 e. The van der Waals surface area contributed by atoms with Gasteiger partial charge in [-0.25, -0.2) is 0 Å². The van der Waals surface area contributed by atoms with E-state index >= 15 is 0 Å². The minimum Gasteiger partial charge on any atom is -0.359 e. The van der Waals surface area contributed by atoms with Crippen molar-refractivity contribution in [1.82, 2.24) is 16.0 Å². The van der Waals surface area contributed by atoms with Crippen LogP contribution in [0.2, 0.25) is 0 Å². The number of carbonyl (C=O) groups excluding carboxylic acids is 1. The molecule has 1 aromatic rings. The molecule has 140 valence electrons. The van der Waals surface area contributed by atoms with Crippen LogP contribution in [0.3, 0.4) is 0 Å². The van der Waals surface area contributed by atoms with E-state index in [-0.39, 0.29) is 11.3 Å². The summed E-state index contributed by atoms with van der Waals surface area (Å²) in [6, 6.07) is 8.78. The van der Waals surface area contributed by atoms with Gasteiger partial charge in [0.1, 0.15) is 0 Å². The van der Waals surface area contributed by atoms with Crippen LogP contribution in [-0.2, 0) is 16.6 Å². The summed E-state index contributed by atoms with van der Waals surface area (Å²) >= 11 is 0. The highest BCUT2D eigenvalue weighted by Crippen LogP contribution is 2.22. The van der Waals surface area contributed by atoms with Crippen LogP contribution in [0.15, 0.2) is 29.3 Å². The van der Waals surface area contributed by atoms with Gasteiger partial charge in [0.15, 0.2) is 5.96 Å². The molecule has 1 amide bonds. The molecule has 0 aliphatic rings. The van der Waals surface area contributed by atoms with Crippen LogP contribution in [0.4, 0.5) is 0 Å². The summed E-state index contributed by atoms with van der Waals surface area (Å²) in [5.74, 6) is 0.710. The molecule has 0 aliphatic carbocycles. The highest BCUT2D eigenvalue weighted by molar-refractivity contribution is 5.84. The highest BCUT2D eigenvalue weighted by atomic mass is 16.2. The number of guanidine groups is 1. The van der Waals surface area contributed by atoms with Crippen molar-refractivity contribution >= 4 is 11.9 Å². The third-order valence-corrected chi connectivity index (χ3v) is 4.60. The van der Waals surface area contributed by atoms with Gasteiger partial charge in [-0.2, -0.15) is 0 Å². The lowest BCUT2D eigenvalue weighted by Crippen LogP contribution is -2.49. The third kappa shape index (κ3) is 6.07. The van der Waals surface area contributed by atoms with Gasteiger partial charge < -0.3 is 16.0 Å². The van der Waals surface area contributed by atoms with E-state index in [9.17, 15) is 4.79 Å². The molecule has 5 heteroatoms. The Bertz CT molecular complexity index is 588. The molecular formula is C20H34N4O. The van der Waals surface area contributed by atoms with E-state index in [1.807, 2.05) is 13.8 Å². The average Bonchev–Trinajstić information content (AvgIpc) is 2.61. The molecule has 5 nitrogen and oxygen atoms in total. The van der Waals surface area contributed by atoms with Crippen LogP contribution in [0.25, 0.3) is 0 Å². The van der Waals surface area contributed by atoms with E-state index in [0.29, 0.717) is 12.5 Å². The first kappa shape index (κ1) is 21.0. The standard InChI is InChI=1S/C20H34N4O/c1-8-15-9-11-16(12-10-15)19(2,3)13-23-18(22-7)24-14-20(4,5)17(25)21-6/h9-12H,8,13-14H2,1-7H3,(H,21,25)(H2,22,23,24). The predicted octanol–water partition coefficient (Wildman–Crippen LogP) is 2.46. The number of nitrogens with zero attached hydrogens (tertiary/aromatic N) is 1. The Hall–Kier alpha value is -2.04. The van der Waals surface area contributed by atoms with Gasteiger partial charge in [-0.1, -0.05) is 45.0 Å². The van der Waals surface area contributed by atoms with E-state index in [2.05, 4.69) is 66.0 Å². The lowest BCUT2D eigenvalue weighted by atomic mass is 9.84. The molecule has 0 saturated carbocycles. The van der Waals surface area contributed by atoms with Crippen molar-refractivity contribution in [3.05, 3.63) is 35.4 Å². The van der Waals surface area contributed by atoms with E-state index in [0.717, 1.165) is 13.0 Å². The minimum absolute atomic E-state index is 0.00629. The van der Waals surface area contributed by atoms with Gasteiger partial charge >= 0.3 is 0 Å². The monoisotopic (exact) mass is 346 g/mol. The quantitative estimate of drug-likeness (QED) is 0.525. The van der Waals surface area contributed by atoms with Gasteiger partial charge in [-0.05, 0) is 31.4 Å². The topological polar surface area (TPSA) is 65.5 Å². The first-order chi connectivity index (χ1) is 11.7. The molecule has 0 saturated heterocycles. The Balaban J connectivity index is 2.65. The van der Waals surface area contributed by atoms with Crippen LogP contribution in [0, 0.1) is 5.41 Å². The Morgan fingerprint density at radius 2 is 1.60 bits per heavy atom. The van der Waals surface area contributed by atoms with Crippen molar-refractivity contribution in [3.63, 3.8) is 0 Å². The van der Waals surface area contributed by atoms with Gasteiger partial charge in [-0.3, -0.25) is 9.79 Å². The summed E-state index contributed by atoms with van der Waals surface area (Å²) < 4.78 is 0. The second kappa shape index (κ2) is 8.88. The molecule has 0 spiro atoms. The number of hydrogen-bond donors (Lipinski definition) is 3. The Labute approximate surface area is 152 Å². The molecule has 0 aliphatic heterocycles. The van der Waals surface area contributed by atoms with Crippen LogP contribution in [0.1, 0.15) is 45.7 Å². The van der Waals surface area contributed by atoms with Crippen molar-refractivity contribution in [2.45, 2.75) is 46.5 Å². The lowest BCUT2D eigenvalue weighted by Gasteiger charge is -2.28. The zero-order valence-electron chi connectivity index (χ0n) is 16.8. The zero-order valence-corrected chi connectivity index (χ0v) is 16.8. The maximum absolute atomic E-state index is 11.9. The molecule has 0 atom stereocenters. The van der Waals surface area contributed by atoms with Crippen LogP contribution in [-0.4, -0.2) is 39.1 Å². The van der Waals surface area contributed by atoms with Crippen LogP contribution < -0.4 is 16.0 Å². The fraction of sp³-hybridized carbons (Fsp3) is 0.600. The lowest BCUT2D eigenvalue weighted by molar-refractivity contribution is -0.128. The van der Waals surface area contributed by atoms with Crippen molar-refractivity contribution < 1.29 is 4.79 Å². The number of benzene rings is 1. The fourth-order valence-electron chi connectivity index (χ4n) is 2.54. The number of carbonyl (C=O) groups is 1. The first-order valence-corrected chi connectivity index (χ1v) is 8.92. The van der Waals surface area contributed by atoms with E-state index < -0.39 is 5.41 Å². The van der Waals surface area contributed by atoms with Gasteiger partial charge in [-0.15, -0.1) is 0 Å². The average molecular weight is 347 g/mol. The maximum atomic E-state index is 11.9. The van der Waals surface area contributed by atoms with Crippen molar-refractivity contribution in [2.24, 2.45) is 10.4 Å². The highest BCUT2D eigenvalue weighted by Gasteiger charge is 2.27. The summed E-state index contributed by atoms with van der Waals surface area (Å²) in [4.78, 5) is 16.1. The summed E-state index contributed by atoms with van der Waals surface area (Å²) in [6.45, 7) is 11.7. The summed E-state index contributed by atoms with van der Waals surface area (Å²) in [7, 11) is 3.40. The van der Waals surface area contributed by atoms with Crippen molar-refractivity contribution in [2.75, 3.05) is 27.2 Å². The predicted molar refractivity (Wildman–Crippen MR) is 106 cm³/mol. The van der Waals surface area contributed by atoms with E-state index in [4.69, 9.17) is 0 Å². The van der Waals surface area contributed by atoms with E-state index in [1.165, 1.54) is 11.1 Å². The molecule has 0 radical (unpaired) electrons. The van der Waals surface area contributed by atoms with Gasteiger partial charge in [0.05, 0.1) is 5.41 Å². The molecule has 0 fully saturated rings. The number of nitrogens with one attached hydrogen (secondary N) is 3. The molecule has 0 aromatic heterocycles. The SMILES string of the molecule is CCc1ccc(C(C)(C)CNC(=NC)NCC(C)(C)C(=O)NC)cc1. The molecule has 0 heterocycles. The Morgan fingerprint density at radius 3 is 2.08 bits per heavy atom. The number of hydrogen-bond acceptors (Lipinski definition) is 2. The van der Waals surface area contributed by atoms with E-state index in [1.54, 1.807) is 14.1 Å². The number of rotatable bonds is 7. The van der Waals surface area contributed by atoms with Crippen molar-refractivity contribution in [1.29, 1.82) is 0 Å². The molecule has 0 unspecified atom stereocenters. The molecule has 3 N–H and O–H groups in total. The number of aryl methyl sites for hydroxylation is 1. The molecule has 1 aromatic carbocycles. The number of aliphatic imine (C=N–C) groups is 1. The Kier molecular flexibility index (Phi) is 7.46. The maximum Gasteiger partial charge on any atom is 0.227 e. The van der Waals surface area contributed by atoms with Crippen LogP contribution in [0.5, 0.6) is 0 Å². The summed E-state index contributed by atoms with van der Waals surface area (Å²) in [5, 5.41) is 9.31. The second-order valence-corrected chi connectivity index (χ2v) is 7.68. The van der Waals surface area contributed by atoms with Gasteiger partial charge in [0.25, 0.3) is 0 Å². The fourth-order valence-corrected chi connectivity index (χ4v) is 2.54. The molecule has 25 heavy (non-hydrogen) atoms. The minimum atomic E-state index is -0.502. The smallest absolute Gasteiger partial charge is 0.227 e. The number of amides is 1. The summed E-state index contributed by atoms with van der Waals surface area (Å²) in [5.41, 5.74) is 2.11.